The van der Waals surface area contributed by atoms with Crippen LogP contribution < -0.4 is 14.2 Å². The first kappa shape index (κ1) is 22.9. The number of carboxylic acids is 1. The van der Waals surface area contributed by atoms with E-state index in [2.05, 4.69) is 31.9 Å². The third-order valence-electron chi connectivity index (χ3n) is 3.36. The molecule has 0 saturated carbocycles. The highest BCUT2D eigenvalue weighted by molar-refractivity contribution is 9.28. The zero-order valence-corrected chi connectivity index (χ0v) is 19.1. The van der Waals surface area contributed by atoms with Crippen LogP contribution in [0, 0.1) is 0 Å². The van der Waals surface area contributed by atoms with E-state index in [1.54, 1.807) is 30.3 Å². The highest BCUT2D eigenvalue weighted by atomic mass is 79.9. The molecule has 2 aromatic carbocycles. The summed E-state index contributed by atoms with van der Waals surface area (Å²) in [5, 5.41) is 9.58. The molecule has 0 atom stereocenters. The van der Waals surface area contributed by atoms with Gasteiger partial charge in [-0.1, -0.05) is 23.2 Å². The highest BCUT2D eigenvalue weighted by Gasteiger charge is 2.11. The molecule has 0 unspecified atom stereocenters. The second kappa shape index (κ2) is 11.6. The third-order valence-corrected chi connectivity index (χ3v) is 4.57. The number of halogens is 4. The summed E-state index contributed by atoms with van der Waals surface area (Å²) in [7, 11) is 0. The average Bonchev–Trinajstić information content (AvgIpc) is 2.63. The molecule has 9 heteroatoms. The summed E-state index contributed by atoms with van der Waals surface area (Å²) in [6.07, 6.45) is 2.39. The molecule has 0 saturated heterocycles. The first-order valence-corrected chi connectivity index (χ1v) is 10.4. The standard InChI is InChI=1S/C19H16Br2Cl2O5/c20-17(21)6-9-27-14-10-15(22)18(16(23)11-14)28-8-1-7-26-13-4-2-12(3-5-13)19(24)25/h2-6,10-11H,1,7-9H2,(H,24,25). The summed E-state index contributed by atoms with van der Waals surface area (Å²) >= 11 is 18.9. The van der Waals surface area contributed by atoms with Crippen LogP contribution in [-0.2, 0) is 0 Å². The predicted molar refractivity (Wildman–Crippen MR) is 117 cm³/mol. The monoisotopic (exact) mass is 552 g/mol. The zero-order valence-electron chi connectivity index (χ0n) is 14.5. The van der Waals surface area contributed by atoms with Crippen molar-refractivity contribution in [1.29, 1.82) is 0 Å². The minimum absolute atomic E-state index is 0.211. The van der Waals surface area contributed by atoms with Crippen molar-refractivity contribution in [1.82, 2.24) is 0 Å². The number of carbonyl (C=O) groups is 1. The van der Waals surface area contributed by atoms with E-state index < -0.39 is 5.97 Å². The Kier molecular flexibility index (Phi) is 9.44. The lowest BCUT2D eigenvalue weighted by Gasteiger charge is -2.12. The number of aromatic carboxylic acids is 1. The maximum atomic E-state index is 10.8. The number of ether oxygens (including phenoxy) is 3. The van der Waals surface area contributed by atoms with Gasteiger partial charge < -0.3 is 19.3 Å². The molecule has 150 valence electrons. The van der Waals surface area contributed by atoms with E-state index in [0.29, 0.717) is 53.5 Å². The van der Waals surface area contributed by atoms with E-state index in [1.807, 2.05) is 0 Å². The average molecular weight is 555 g/mol. The Hall–Kier alpha value is -1.41. The lowest BCUT2D eigenvalue weighted by atomic mass is 10.2. The molecule has 0 amide bonds. The van der Waals surface area contributed by atoms with Gasteiger partial charge in [0.2, 0.25) is 0 Å². The van der Waals surface area contributed by atoms with Crippen molar-refractivity contribution in [2.24, 2.45) is 0 Å². The van der Waals surface area contributed by atoms with Gasteiger partial charge in [-0.15, -0.1) is 0 Å². The molecule has 28 heavy (non-hydrogen) atoms. The molecule has 0 fully saturated rings. The van der Waals surface area contributed by atoms with Crippen molar-refractivity contribution in [3.63, 3.8) is 0 Å². The summed E-state index contributed by atoms with van der Waals surface area (Å²) in [5.74, 6) is 0.538. The number of benzene rings is 2. The van der Waals surface area contributed by atoms with Gasteiger partial charge in [-0.3, -0.25) is 0 Å². The number of hydrogen-bond donors (Lipinski definition) is 1. The van der Waals surface area contributed by atoms with Gasteiger partial charge in [0, 0.05) is 18.6 Å². The van der Waals surface area contributed by atoms with Crippen molar-refractivity contribution < 1.29 is 24.1 Å². The first-order chi connectivity index (χ1) is 13.4. The maximum Gasteiger partial charge on any atom is 0.335 e. The molecule has 0 bridgehead atoms. The molecule has 0 aromatic heterocycles. The molecule has 2 aromatic rings. The fourth-order valence-electron chi connectivity index (χ4n) is 2.08. The fourth-order valence-corrected chi connectivity index (χ4v) is 2.92. The van der Waals surface area contributed by atoms with Crippen LogP contribution in [0.5, 0.6) is 17.2 Å². The van der Waals surface area contributed by atoms with Gasteiger partial charge in [0.1, 0.15) is 18.1 Å². The van der Waals surface area contributed by atoms with Crippen molar-refractivity contribution in [3.8, 4) is 17.2 Å². The van der Waals surface area contributed by atoms with E-state index in [9.17, 15) is 4.79 Å². The summed E-state index contributed by atoms with van der Waals surface area (Å²) < 4.78 is 17.5. The molecule has 2 rings (SSSR count). The van der Waals surface area contributed by atoms with E-state index in [0.717, 1.165) is 3.39 Å². The highest BCUT2D eigenvalue weighted by Crippen LogP contribution is 2.37. The second-order valence-electron chi connectivity index (χ2n) is 5.40. The molecular weight excluding hydrogens is 539 g/mol. The quantitative estimate of drug-likeness (QED) is 0.337. The van der Waals surface area contributed by atoms with Crippen LogP contribution >= 0.6 is 55.1 Å². The third kappa shape index (κ3) is 7.54. The Morgan fingerprint density at radius 1 is 0.964 bits per heavy atom. The minimum Gasteiger partial charge on any atom is -0.493 e. The summed E-state index contributed by atoms with van der Waals surface area (Å²) in [5.41, 5.74) is 0.211. The molecule has 5 nitrogen and oxygen atoms in total. The lowest BCUT2D eigenvalue weighted by Crippen LogP contribution is -2.06. The molecular formula is C19H16Br2Cl2O5. The van der Waals surface area contributed by atoms with Crippen LogP contribution in [0.15, 0.2) is 45.9 Å². The van der Waals surface area contributed by atoms with Gasteiger partial charge in [0.25, 0.3) is 0 Å². The summed E-state index contributed by atoms with van der Waals surface area (Å²) in [6, 6.07) is 9.48. The molecule has 0 spiro atoms. The lowest BCUT2D eigenvalue weighted by molar-refractivity contribution is 0.0697. The van der Waals surface area contributed by atoms with Crippen molar-refractivity contribution in [2.45, 2.75) is 6.42 Å². The van der Waals surface area contributed by atoms with E-state index in [1.165, 1.54) is 12.1 Å². The van der Waals surface area contributed by atoms with Crippen molar-refractivity contribution in [3.05, 3.63) is 61.5 Å². The normalized spacial score (nSPS) is 10.3. The van der Waals surface area contributed by atoms with Gasteiger partial charge in [0.05, 0.1) is 32.2 Å². The Morgan fingerprint density at radius 3 is 2.14 bits per heavy atom. The van der Waals surface area contributed by atoms with Crippen LogP contribution in [0.4, 0.5) is 0 Å². The molecule has 0 aliphatic rings. The minimum atomic E-state index is -0.974. The van der Waals surface area contributed by atoms with Gasteiger partial charge in [-0.2, -0.15) is 0 Å². The first-order valence-electron chi connectivity index (χ1n) is 8.09. The second-order valence-corrected chi connectivity index (χ2v) is 8.99. The number of hydrogen-bond acceptors (Lipinski definition) is 4. The van der Waals surface area contributed by atoms with Gasteiger partial charge in [0.15, 0.2) is 5.75 Å². The number of carboxylic acid groups (broad SMARTS) is 1. The Balaban J connectivity index is 1.79. The Labute approximate surface area is 189 Å². The van der Waals surface area contributed by atoms with Gasteiger partial charge >= 0.3 is 5.97 Å². The van der Waals surface area contributed by atoms with Gasteiger partial charge in [-0.05, 0) is 62.2 Å². The van der Waals surface area contributed by atoms with Gasteiger partial charge in [-0.25, -0.2) is 4.79 Å². The van der Waals surface area contributed by atoms with Crippen LogP contribution in [0.25, 0.3) is 0 Å². The SMILES string of the molecule is O=C(O)c1ccc(OCCCOc2c(Cl)cc(OCC=C(Br)Br)cc2Cl)cc1. The van der Waals surface area contributed by atoms with Crippen LogP contribution in [0.3, 0.4) is 0 Å². The summed E-state index contributed by atoms with van der Waals surface area (Å²) in [6.45, 7) is 1.10. The maximum absolute atomic E-state index is 10.8. The van der Waals surface area contributed by atoms with Crippen molar-refractivity contribution in [2.75, 3.05) is 19.8 Å². The fraction of sp³-hybridized carbons (Fsp3) is 0.211. The predicted octanol–water partition coefficient (Wildman–Crippen LogP) is 6.55. The zero-order chi connectivity index (χ0) is 20.5. The molecule has 0 aliphatic carbocycles. The Morgan fingerprint density at radius 2 is 1.57 bits per heavy atom. The Bertz CT molecular complexity index is 814. The van der Waals surface area contributed by atoms with Crippen LogP contribution in [-0.4, -0.2) is 30.9 Å². The van der Waals surface area contributed by atoms with E-state index in [4.69, 9.17) is 42.5 Å². The molecule has 0 aliphatic heterocycles. The van der Waals surface area contributed by atoms with E-state index in [-0.39, 0.29) is 5.56 Å². The molecule has 0 heterocycles. The summed E-state index contributed by atoms with van der Waals surface area (Å²) in [4.78, 5) is 10.8. The van der Waals surface area contributed by atoms with Crippen LogP contribution in [0.1, 0.15) is 16.8 Å². The van der Waals surface area contributed by atoms with Crippen LogP contribution in [0.2, 0.25) is 10.0 Å². The largest absolute Gasteiger partial charge is 0.493 e. The number of rotatable bonds is 10. The van der Waals surface area contributed by atoms with E-state index >= 15 is 0 Å². The van der Waals surface area contributed by atoms with Crippen molar-refractivity contribution >= 4 is 61.0 Å². The molecule has 1 N–H and O–H groups in total. The topological polar surface area (TPSA) is 65.0 Å². The molecule has 0 radical (unpaired) electrons. The smallest absolute Gasteiger partial charge is 0.335 e.